The minimum atomic E-state index is 0.0885. The summed E-state index contributed by atoms with van der Waals surface area (Å²) in [6.45, 7) is 2.85. The molecule has 0 saturated carbocycles. The number of hydrogen-bond donors (Lipinski definition) is 0. The second-order valence-electron chi connectivity index (χ2n) is 5.90. The van der Waals surface area contributed by atoms with Crippen LogP contribution in [0, 0.1) is 0 Å². The van der Waals surface area contributed by atoms with Gasteiger partial charge in [-0.05, 0) is 11.6 Å². The molecule has 24 heavy (non-hydrogen) atoms. The summed E-state index contributed by atoms with van der Waals surface area (Å²) < 4.78 is 10.8. The van der Waals surface area contributed by atoms with Crippen molar-refractivity contribution in [2.24, 2.45) is 0 Å². The summed E-state index contributed by atoms with van der Waals surface area (Å²) in [7, 11) is 1.61. The van der Waals surface area contributed by atoms with Gasteiger partial charge in [0.05, 0.1) is 20.3 Å². The van der Waals surface area contributed by atoms with Crippen molar-refractivity contribution in [3.05, 3.63) is 59.8 Å². The molecule has 0 unspecified atom stereocenters. The van der Waals surface area contributed by atoms with Crippen LogP contribution in [0.2, 0.25) is 0 Å². The number of carbonyl (C=O) groups excluding carboxylic acids is 1. The smallest absolute Gasteiger partial charge is 0.213 e. The maximum atomic E-state index is 12.5. The van der Waals surface area contributed by atoms with E-state index < -0.39 is 0 Å². The quantitative estimate of drug-likeness (QED) is 0.764. The van der Waals surface area contributed by atoms with Crippen LogP contribution in [0.5, 0.6) is 5.88 Å². The molecule has 1 aromatic carbocycles. The van der Waals surface area contributed by atoms with E-state index in [2.05, 4.69) is 9.88 Å². The molecule has 1 aliphatic heterocycles. The molecule has 5 nitrogen and oxygen atoms in total. The number of rotatable bonds is 6. The van der Waals surface area contributed by atoms with E-state index in [1.807, 2.05) is 42.5 Å². The van der Waals surface area contributed by atoms with E-state index in [0.717, 1.165) is 24.2 Å². The lowest BCUT2D eigenvalue weighted by Crippen LogP contribution is -2.45. The Bertz CT molecular complexity index is 675. The van der Waals surface area contributed by atoms with Gasteiger partial charge in [0, 0.05) is 43.4 Å². The average molecular weight is 326 g/mol. The molecule has 2 aromatic rings. The Morgan fingerprint density at radius 3 is 2.96 bits per heavy atom. The molecular weight excluding hydrogens is 304 g/mol. The molecule has 1 aliphatic rings. The summed E-state index contributed by atoms with van der Waals surface area (Å²) in [5.41, 5.74) is 1.88. The average Bonchev–Trinajstić information content (AvgIpc) is 2.64. The first kappa shape index (κ1) is 16.6. The predicted molar refractivity (Wildman–Crippen MR) is 91.2 cm³/mol. The summed E-state index contributed by atoms with van der Waals surface area (Å²) in [5, 5.41) is 0. The molecule has 126 valence electrons. The number of methoxy groups -OCH3 is 1. The molecule has 5 heteroatoms. The van der Waals surface area contributed by atoms with Gasteiger partial charge in [0.2, 0.25) is 5.88 Å². The number of carbonyl (C=O) groups is 1. The molecule has 0 N–H and O–H groups in total. The summed E-state index contributed by atoms with van der Waals surface area (Å²) in [6.07, 6.45) is 2.21. The van der Waals surface area contributed by atoms with Gasteiger partial charge in [0.25, 0.3) is 0 Å². The topological polar surface area (TPSA) is 51.7 Å². The zero-order valence-corrected chi connectivity index (χ0v) is 13.9. The normalized spacial score (nSPS) is 18.3. The van der Waals surface area contributed by atoms with E-state index in [1.54, 1.807) is 13.3 Å². The van der Waals surface area contributed by atoms with Gasteiger partial charge in [-0.15, -0.1) is 0 Å². The number of pyridine rings is 1. The van der Waals surface area contributed by atoms with Gasteiger partial charge < -0.3 is 9.47 Å². The monoisotopic (exact) mass is 326 g/mol. The van der Waals surface area contributed by atoms with Crippen molar-refractivity contribution in [1.29, 1.82) is 0 Å². The molecule has 0 aliphatic carbocycles. The van der Waals surface area contributed by atoms with Gasteiger partial charge in [0.1, 0.15) is 0 Å². The van der Waals surface area contributed by atoms with Crippen LogP contribution in [0.4, 0.5) is 0 Å². The molecule has 1 atom stereocenters. The highest BCUT2D eigenvalue weighted by molar-refractivity contribution is 5.96. The van der Waals surface area contributed by atoms with Crippen LogP contribution in [0.25, 0.3) is 0 Å². The fourth-order valence-electron chi connectivity index (χ4n) is 2.94. The first-order valence-electron chi connectivity index (χ1n) is 8.15. The molecule has 3 rings (SSSR count). The SMILES string of the molecule is COc1cc(CN2CCOC[C@@H]2CC(=O)c2ccccc2)ccn1. The Balaban J connectivity index is 1.68. The highest BCUT2D eigenvalue weighted by atomic mass is 16.5. The van der Waals surface area contributed by atoms with Crippen LogP contribution in [0.3, 0.4) is 0 Å². The third-order valence-electron chi connectivity index (χ3n) is 4.26. The van der Waals surface area contributed by atoms with Crippen molar-refractivity contribution in [3.63, 3.8) is 0 Å². The minimum absolute atomic E-state index is 0.0885. The Hall–Kier alpha value is -2.24. The Labute approximate surface area is 142 Å². The van der Waals surface area contributed by atoms with E-state index in [-0.39, 0.29) is 11.8 Å². The van der Waals surface area contributed by atoms with Crippen molar-refractivity contribution >= 4 is 5.78 Å². The fourth-order valence-corrected chi connectivity index (χ4v) is 2.94. The van der Waals surface area contributed by atoms with Crippen molar-refractivity contribution < 1.29 is 14.3 Å². The van der Waals surface area contributed by atoms with Crippen LogP contribution in [-0.2, 0) is 11.3 Å². The van der Waals surface area contributed by atoms with Crippen LogP contribution in [0.1, 0.15) is 22.3 Å². The maximum Gasteiger partial charge on any atom is 0.213 e. The van der Waals surface area contributed by atoms with E-state index in [0.29, 0.717) is 25.5 Å². The minimum Gasteiger partial charge on any atom is -0.481 e. The van der Waals surface area contributed by atoms with Crippen LogP contribution < -0.4 is 4.74 Å². The molecule has 0 amide bonds. The third kappa shape index (κ3) is 4.19. The first-order chi connectivity index (χ1) is 11.8. The van der Waals surface area contributed by atoms with Crippen molar-refractivity contribution in [1.82, 2.24) is 9.88 Å². The number of ether oxygens (including phenoxy) is 2. The summed E-state index contributed by atoms with van der Waals surface area (Å²) in [5.74, 6) is 0.765. The third-order valence-corrected chi connectivity index (χ3v) is 4.26. The standard InChI is InChI=1S/C19H22N2O3/c1-23-19-11-15(7-8-20-19)13-21-9-10-24-14-17(21)12-18(22)16-5-3-2-4-6-16/h2-8,11,17H,9-10,12-14H2,1H3/t17-/m0/s1. The fraction of sp³-hybridized carbons (Fsp3) is 0.368. The first-order valence-corrected chi connectivity index (χ1v) is 8.15. The maximum absolute atomic E-state index is 12.5. The summed E-state index contributed by atoms with van der Waals surface area (Å²) in [4.78, 5) is 18.9. The zero-order chi connectivity index (χ0) is 16.8. The second-order valence-corrected chi connectivity index (χ2v) is 5.90. The van der Waals surface area contributed by atoms with Crippen LogP contribution in [0.15, 0.2) is 48.7 Å². The molecule has 0 bridgehead atoms. The molecule has 2 heterocycles. The number of morpholine rings is 1. The lowest BCUT2D eigenvalue weighted by molar-refractivity contribution is -0.0126. The number of Topliss-reactive ketones (excluding diaryl/α,β-unsaturated/α-hetero) is 1. The zero-order valence-electron chi connectivity index (χ0n) is 13.9. The van der Waals surface area contributed by atoms with Gasteiger partial charge in [-0.2, -0.15) is 0 Å². The Kier molecular flexibility index (Phi) is 5.56. The predicted octanol–water partition coefficient (Wildman–Crippen LogP) is 2.56. The molecule has 0 radical (unpaired) electrons. The van der Waals surface area contributed by atoms with Gasteiger partial charge in [-0.1, -0.05) is 30.3 Å². The molecule has 1 fully saturated rings. The van der Waals surface area contributed by atoms with Gasteiger partial charge >= 0.3 is 0 Å². The molecule has 1 saturated heterocycles. The molecule has 0 spiro atoms. The Morgan fingerprint density at radius 2 is 2.17 bits per heavy atom. The highest BCUT2D eigenvalue weighted by Crippen LogP contribution is 2.18. The van der Waals surface area contributed by atoms with E-state index >= 15 is 0 Å². The summed E-state index contributed by atoms with van der Waals surface area (Å²) >= 11 is 0. The number of nitrogens with zero attached hydrogens (tertiary/aromatic N) is 2. The summed E-state index contributed by atoms with van der Waals surface area (Å²) in [6, 6.07) is 13.4. The van der Waals surface area contributed by atoms with Crippen molar-refractivity contribution in [2.75, 3.05) is 26.9 Å². The number of aromatic nitrogens is 1. The number of hydrogen-bond acceptors (Lipinski definition) is 5. The van der Waals surface area contributed by atoms with Crippen LogP contribution in [-0.4, -0.2) is 48.6 Å². The molecular formula is C19H22N2O3. The van der Waals surface area contributed by atoms with Gasteiger partial charge in [-0.25, -0.2) is 4.98 Å². The molecule has 1 aromatic heterocycles. The second kappa shape index (κ2) is 8.04. The van der Waals surface area contributed by atoms with E-state index in [9.17, 15) is 4.79 Å². The van der Waals surface area contributed by atoms with Crippen molar-refractivity contribution in [3.8, 4) is 5.88 Å². The van der Waals surface area contributed by atoms with E-state index in [1.165, 1.54) is 0 Å². The highest BCUT2D eigenvalue weighted by Gasteiger charge is 2.26. The van der Waals surface area contributed by atoms with Gasteiger partial charge in [-0.3, -0.25) is 9.69 Å². The Morgan fingerprint density at radius 1 is 1.33 bits per heavy atom. The van der Waals surface area contributed by atoms with E-state index in [4.69, 9.17) is 9.47 Å². The van der Waals surface area contributed by atoms with Crippen molar-refractivity contribution in [2.45, 2.75) is 19.0 Å². The number of ketones is 1. The lowest BCUT2D eigenvalue weighted by atomic mass is 10.0. The van der Waals surface area contributed by atoms with Crippen LogP contribution >= 0.6 is 0 Å². The number of benzene rings is 1. The van der Waals surface area contributed by atoms with Gasteiger partial charge in [0.15, 0.2) is 5.78 Å². The lowest BCUT2D eigenvalue weighted by Gasteiger charge is -2.35. The largest absolute Gasteiger partial charge is 0.481 e.